The van der Waals surface area contributed by atoms with E-state index in [9.17, 15) is 9.90 Å². The molecule has 1 aliphatic heterocycles. The number of carbonyl (C=O) groups is 1. The van der Waals surface area contributed by atoms with Crippen LogP contribution < -0.4 is 11.1 Å². The predicted octanol–water partition coefficient (Wildman–Crippen LogP) is 1.92. The van der Waals surface area contributed by atoms with Gasteiger partial charge in [-0.2, -0.15) is 5.10 Å². The molecule has 0 atom stereocenters. The van der Waals surface area contributed by atoms with E-state index in [0.29, 0.717) is 28.5 Å². The smallest absolute Gasteiger partial charge is 0.221 e. The van der Waals surface area contributed by atoms with E-state index >= 15 is 0 Å². The molecule has 1 fully saturated rings. The second kappa shape index (κ2) is 7.47. The first-order chi connectivity index (χ1) is 12.5. The number of nitrogens with two attached hydrogens (primary N) is 1. The Morgan fingerprint density at radius 3 is 2.65 bits per heavy atom. The minimum atomic E-state index is -0.213. The van der Waals surface area contributed by atoms with Gasteiger partial charge in [0, 0.05) is 32.6 Å². The Kier molecular flexibility index (Phi) is 5.11. The first kappa shape index (κ1) is 17.8. The molecule has 0 spiro atoms. The summed E-state index contributed by atoms with van der Waals surface area (Å²) in [6, 6.07) is 0. The van der Waals surface area contributed by atoms with Crippen molar-refractivity contribution in [1.29, 1.82) is 0 Å². The average Bonchev–Trinajstić information content (AvgIpc) is 2.95. The molecule has 8 nitrogen and oxygen atoms in total. The van der Waals surface area contributed by atoms with Gasteiger partial charge >= 0.3 is 0 Å². The van der Waals surface area contributed by atoms with Crippen molar-refractivity contribution in [2.75, 3.05) is 18.8 Å². The highest BCUT2D eigenvalue weighted by Gasteiger charge is 2.19. The number of hydrogen-bond donors (Lipinski definition) is 3. The quantitative estimate of drug-likeness (QED) is 0.717. The summed E-state index contributed by atoms with van der Waals surface area (Å²) in [5, 5.41) is 17.4. The number of allylic oxidation sites excluding steroid dienone is 4. The number of piperidine rings is 1. The summed E-state index contributed by atoms with van der Waals surface area (Å²) < 4.78 is 1.53. The Labute approximate surface area is 152 Å². The molecule has 138 valence electrons. The van der Waals surface area contributed by atoms with Crippen LogP contribution in [0, 0.1) is 0 Å². The largest absolute Gasteiger partial charge is 0.494 e. The van der Waals surface area contributed by atoms with Crippen molar-refractivity contribution in [3.05, 3.63) is 41.6 Å². The molecule has 4 N–H and O–H groups in total. The summed E-state index contributed by atoms with van der Waals surface area (Å²) in [5.41, 5.74) is 8.18. The van der Waals surface area contributed by atoms with Crippen LogP contribution in [0.1, 0.15) is 26.2 Å². The van der Waals surface area contributed by atoms with E-state index < -0.39 is 0 Å². The minimum absolute atomic E-state index is 0.213. The third-order valence-electron chi connectivity index (χ3n) is 4.43. The van der Waals surface area contributed by atoms with Crippen LogP contribution in [0.25, 0.3) is 0 Å². The Morgan fingerprint density at radius 2 is 2.04 bits per heavy atom. The molecule has 0 saturated carbocycles. The lowest BCUT2D eigenvalue weighted by molar-refractivity contribution is -0.118. The number of nitrogens with one attached hydrogen (secondary N) is 1. The van der Waals surface area contributed by atoms with Crippen LogP contribution in [0.2, 0.25) is 0 Å². The van der Waals surface area contributed by atoms with Crippen molar-refractivity contribution in [2.45, 2.75) is 26.2 Å². The van der Waals surface area contributed by atoms with Crippen LogP contribution in [0.5, 0.6) is 0 Å². The van der Waals surface area contributed by atoms with Crippen LogP contribution in [-0.2, 0) is 11.8 Å². The van der Waals surface area contributed by atoms with E-state index in [1.807, 2.05) is 4.90 Å². The highest BCUT2D eigenvalue weighted by molar-refractivity contribution is 6.13. The molecule has 0 bridgehead atoms. The van der Waals surface area contributed by atoms with Gasteiger partial charge in [-0.05, 0) is 37.5 Å². The van der Waals surface area contributed by atoms with Crippen LogP contribution in [-0.4, -0.2) is 44.5 Å². The summed E-state index contributed by atoms with van der Waals surface area (Å²) in [6.07, 6.45) is 10.2. The molecule has 0 unspecified atom stereocenters. The maximum atomic E-state index is 11.6. The number of likely N-dealkylation sites (tertiary alicyclic amines) is 1. The molecule has 3 rings (SSSR count). The Balaban J connectivity index is 1.95. The number of aryl methyl sites for hydroxylation is 1. The molecule has 2 aliphatic rings. The van der Waals surface area contributed by atoms with Gasteiger partial charge in [-0.3, -0.25) is 9.48 Å². The van der Waals surface area contributed by atoms with Crippen LogP contribution >= 0.6 is 0 Å². The molecule has 1 aromatic rings. The lowest BCUT2D eigenvalue weighted by atomic mass is 10.0. The third kappa shape index (κ3) is 3.79. The number of aliphatic imine (C=N–C) groups is 1. The number of aromatic nitrogens is 2. The van der Waals surface area contributed by atoms with Gasteiger partial charge in [-0.25, -0.2) is 4.99 Å². The fourth-order valence-corrected chi connectivity index (χ4v) is 3.00. The third-order valence-corrected chi connectivity index (χ3v) is 4.43. The second-order valence-corrected chi connectivity index (χ2v) is 6.43. The van der Waals surface area contributed by atoms with Gasteiger partial charge in [0.2, 0.25) is 5.91 Å². The molecule has 0 aromatic carbocycles. The van der Waals surface area contributed by atoms with Crippen molar-refractivity contribution in [1.82, 2.24) is 20.0 Å². The highest BCUT2D eigenvalue weighted by atomic mass is 16.3. The fourth-order valence-electron chi connectivity index (χ4n) is 3.00. The number of aliphatic hydroxyl groups excluding tert-OH is 1. The molecule has 0 radical (unpaired) electrons. The van der Waals surface area contributed by atoms with Gasteiger partial charge in [0.15, 0.2) is 5.88 Å². The number of hydrogen-bond acceptors (Lipinski definition) is 6. The number of nitrogens with zero attached hydrogens (tertiary/aromatic N) is 4. The maximum Gasteiger partial charge on any atom is 0.221 e. The molecule has 1 saturated heterocycles. The van der Waals surface area contributed by atoms with E-state index in [2.05, 4.69) is 15.4 Å². The summed E-state index contributed by atoms with van der Waals surface area (Å²) in [7, 11) is 1.73. The molecule has 8 heteroatoms. The van der Waals surface area contributed by atoms with Gasteiger partial charge in [0.05, 0.1) is 17.6 Å². The van der Waals surface area contributed by atoms with Crippen molar-refractivity contribution in [2.24, 2.45) is 12.0 Å². The van der Waals surface area contributed by atoms with E-state index in [0.717, 1.165) is 25.9 Å². The molecule has 1 amide bonds. The number of anilines is 1. The Morgan fingerprint density at radius 1 is 1.31 bits per heavy atom. The molecular weight excluding hydrogens is 332 g/mol. The molecule has 1 aromatic heterocycles. The Bertz CT molecular complexity index is 825. The minimum Gasteiger partial charge on any atom is -0.494 e. The topological polar surface area (TPSA) is 109 Å². The van der Waals surface area contributed by atoms with Crippen LogP contribution in [0.15, 0.2) is 46.6 Å². The van der Waals surface area contributed by atoms with Crippen LogP contribution in [0.3, 0.4) is 0 Å². The average molecular weight is 356 g/mol. The van der Waals surface area contributed by atoms with Crippen molar-refractivity contribution in [3.8, 4) is 0 Å². The van der Waals surface area contributed by atoms with Gasteiger partial charge < -0.3 is 21.1 Å². The zero-order valence-corrected chi connectivity index (χ0v) is 15.1. The summed E-state index contributed by atoms with van der Waals surface area (Å²) in [4.78, 5) is 18.1. The van der Waals surface area contributed by atoms with Crippen LogP contribution in [0.4, 0.5) is 11.5 Å². The number of carbonyl (C=O) groups excluding carboxylic acids is 1. The van der Waals surface area contributed by atoms with Crippen molar-refractivity contribution in [3.63, 3.8) is 0 Å². The summed E-state index contributed by atoms with van der Waals surface area (Å²) in [5.74, 6) is 0.449. The number of nitrogen functional groups attached to an aromatic ring is 1. The second-order valence-electron chi connectivity index (χ2n) is 6.43. The highest BCUT2D eigenvalue weighted by Crippen LogP contribution is 2.25. The standard InChI is InChI=1S/C18H24N6O2/c1-12(25)21-15-10-13(18(26)24-8-4-3-5-9-24)6-7-14(15)22-16-11-20-23(2)17(16)19/h6-7,10-11,26H,3-5,8-9,19H2,1-2H3,(H,21,25). The molecule has 1 aliphatic carbocycles. The number of amides is 1. The zero-order valence-electron chi connectivity index (χ0n) is 15.1. The molecular formula is C18H24N6O2. The molecule has 26 heavy (non-hydrogen) atoms. The predicted molar refractivity (Wildman–Crippen MR) is 101 cm³/mol. The Hall–Kier alpha value is -3.03. The SMILES string of the molecule is CC(=O)NC1=CC(=C(O)N2CCCCC2)C=CC1=Nc1cnn(C)c1N. The fraction of sp³-hybridized carbons (Fsp3) is 0.389. The molecule has 2 heterocycles. The first-order valence-corrected chi connectivity index (χ1v) is 8.68. The van der Waals surface area contributed by atoms with Crippen molar-refractivity contribution < 1.29 is 9.90 Å². The van der Waals surface area contributed by atoms with Gasteiger partial charge in [0.25, 0.3) is 0 Å². The normalized spacial score (nSPS) is 20.9. The van der Waals surface area contributed by atoms with Gasteiger partial charge in [-0.15, -0.1) is 0 Å². The van der Waals surface area contributed by atoms with E-state index in [-0.39, 0.29) is 11.8 Å². The number of rotatable bonds is 3. The first-order valence-electron chi connectivity index (χ1n) is 8.68. The van der Waals surface area contributed by atoms with Gasteiger partial charge in [0.1, 0.15) is 11.5 Å². The van der Waals surface area contributed by atoms with Crippen molar-refractivity contribution >= 4 is 23.1 Å². The van der Waals surface area contributed by atoms with Gasteiger partial charge in [-0.1, -0.05) is 0 Å². The van der Waals surface area contributed by atoms with E-state index in [1.165, 1.54) is 18.0 Å². The van der Waals surface area contributed by atoms with E-state index in [1.54, 1.807) is 31.5 Å². The zero-order chi connectivity index (χ0) is 18.7. The summed E-state index contributed by atoms with van der Waals surface area (Å²) >= 11 is 0. The lowest BCUT2D eigenvalue weighted by Crippen LogP contribution is -2.30. The summed E-state index contributed by atoms with van der Waals surface area (Å²) in [6.45, 7) is 3.10. The number of aliphatic hydroxyl groups is 1. The lowest BCUT2D eigenvalue weighted by Gasteiger charge is -2.29. The maximum absolute atomic E-state index is 11.6. The monoisotopic (exact) mass is 356 g/mol. The van der Waals surface area contributed by atoms with E-state index in [4.69, 9.17) is 5.73 Å².